The molecule has 2 aliphatic rings. The summed E-state index contributed by atoms with van der Waals surface area (Å²) in [4.78, 5) is 22.5. The molecule has 172 valence electrons. The van der Waals surface area contributed by atoms with Crippen LogP contribution in [0.2, 0.25) is 0 Å². The van der Waals surface area contributed by atoms with Crippen LogP contribution in [0.25, 0.3) is 16.6 Å². The molecule has 0 spiro atoms. The van der Waals surface area contributed by atoms with E-state index in [0.29, 0.717) is 5.69 Å². The van der Waals surface area contributed by atoms with E-state index in [2.05, 4.69) is 65.3 Å². The van der Waals surface area contributed by atoms with Crippen LogP contribution >= 0.6 is 0 Å². The summed E-state index contributed by atoms with van der Waals surface area (Å²) >= 11 is 0. The van der Waals surface area contributed by atoms with Gasteiger partial charge < -0.3 is 4.90 Å². The Balaban J connectivity index is 1.17. The first-order valence-electron chi connectivity index (χ1n) is 12.2. The Morgan fingerprint density at radius 2 is 1.74 bits per heavy atom. The van der Waals surface area contributed by atoms with Crippen molar-refractivity contribution in [1.82, 2.24) is 24.6 Å². The molecule has 0 atom stereocenters. The van der Waals surface area contributed by atoms with Crippen LogP contribution in [0.1, 0.15) is 39.3 Å². The number of aromatic nitrogens is 3. The van der Waals surface area contributed by atoms with Crippen molar-refractivity contribution in [1.29, 1.82) is 0 Å². The first kappa shape index (κ1) is 21.1. The first-order chi connectivity index (χ1) is 16.7. The lowest BCUT2D eigenvalue weighted by molar-refractivity contribution is 0.0621. The highest BCUT2D eigenvalue weighted by molar-refractivity contribution is 5.94. The molecule has 0 bridgehead atoms. The number of piperazine rings is 1. The fraction of sp³-hybridized carbons (Fsp3) is 0.321. The lowest BCUT2D eigenvalue weighted by atomic mass is 10.1. The molecule has 1 fully saturated rings. The average molecular weight is 452 g/mol. The van der Waals surface area contributed by atoms with E-state index in [0.717, 1.165) is 68.8 Å². The number of benzene rings is 2. The van der Waals surface area contributed by atoms with Gasteiger partial charge in [0.2, 0.25) is 0 Å². The quantitative estimate of drug-likeness (QED) is 0.467. The maximum atomic E-state index is 13.5. The Morgan fingerprint density at radius 1 is 0.941 bits per heavy atom. The van der Waals surface area contributed by atoms with Gasteiger partial charge in [0.05, 0.1) is 11.2 Å². The van der Waals surface area contributed by atoms with E-state index < -0.39 is 0 Å². The standard InChI is InChI=1S/C28H29N5O/c1-20-10-12-23(13-11-20)33-25-9-3-8-24(25)27(30-33)28(34)32-17-15-31(16-18-32)19-22-6-2-5-21-7-4-14-29-26(21)22/h2,4-7,10-14H,3,8-9,15-19H2,1H3. The van der Waals surface area contributed by atoms with Crippen LogP contribution in [0.3, 0.4) is 0 Å². The summed E-state index contributed by atoms with van der Waals surface area (Å²) in [7, 11) is 0. The molecular formula is C28H29N5O. The Bertz CT molecular complexity index is 1340. The van der Waals surface area contributed by atoms with Crippen molar-refractivity contribution in [2.24, 2.45) is 0 Å². The minimum absolute atomic E-state index is 0.0792. The zero-order valence-electron chi connectivity index (χ0n) is 19.6. The zero-order valence-corrected chi connectivity index (χ0v) is 19.6. The normalized spacial score (nSPS) is 16.2. The number of pyridine rings is 1. The third-order valence-electron chi connectivity index (χ3n) is 7.18. The molecule has 0 unspecified atom stereocenters. The monoisotopic (exact) mass is 451 g/mol. The highest BCUT2D eigenvalue weighted by Crippen LogP contribution is 2.29. The Labute approximate surface area is 199 Å². The number of aryl methyl sites for hydroxylation is 1. The number of rotatable bonds is 4. The van der Waals surface area contributed by atoms with E-state index >= 15 is 0 Å². The van der Waals surface area contributed by atoms with Gasteiger partial charge in [0.1, 0.15) is 0 Å². The summed E-state index contributed by atoms with van der Waals surface area (Å²) in [5.41, 5.74) is 7.58. The van der Waals surface area contributed by atoms with Crippen LogP contribution in [0, 0.1) is 6.92 Å². The molecular weight excluding hydrogens is 422 g/mol. The second kappa shape index (κ2) is 8.69. The molecule has 2 aromatic carbocycles. The first-order valence-corrected chi connectivity index (χ1v) is 12.2. The Morgan fingerprint density at radius 3 is 2.56 bits per heavy atom. The van der Waals surface area contributed by atoms with E-state index in [1.807, 2.05) is 21.8 Å². The van der Waals surface area contributed by atoms with E-state index in [-0.39, 0.29) is 5.91 Å². The molecule has 34 heavy (non-hydrogen) atoms. The summed E-state index contributed by atoms with van der Waals surface area (Å²) in [5.74, 6) is 0.0792. The Kier molecular flexibility index (Phi) is 5.38. The van der Waals surface area contributed by atoms with Gasteiger partial charge in [0.25, 0.3) is 5.91 Å². The number of amides is 1. The van der Waals surface area contributed by atoms with Crippen LogP contribution in [0.5, 0.6) is 0 Å². The van der Waals surface area contributed by atoms with Crippen molar-refractivity contribution >= 4 is 16.8 Å². The second-order valence-electron chi connectivity index (χ2n) is 9.44. The van der Waals surface area contributed by atoms with Crippen molar-refractivity contribution in [3.63, 3.8) is 0 Å². The average Bonchev–Trinajstić information content (AvgIpc) is 3.48. The number of fused-ring (bicyclic) bond motifs is 2. The van der Waals surface area contributed by atoms with Gasteiger partial charge in [0.15, 0.2) is 5.69 Å². The van der Waals surface area contributed by atoms with Gasteiger partial charge in [-0.3, -0.25) is 14.7 Å². The largest absolute Gasteiger partial charge is 0.335 e. The van der Waals surface area contributed by atoms with E-state index in [1.54, 1.807) is 0 Å². The van der Waals surface area contributed by atoms with Gasteiger partial charge in [0, 0.05) is 55.6 Å². The molecule has 1 saturated heterocycles. The van der Waals surface area contributed by atoms with E-state index in [4.69, 9.17) is 5.10 Å². The predicted octanol–water partition coefficient (Wildman–Crippen LogP) is 4.18. The van der Waals surface area contributed by atoms with Gasteiger partial charge in [-0.25, -0.2) is 4.68 Å². The van der Waals surface area contributed by atoms with E-state index in [9.17, 15) is 4.79 Å². The molecule has 0 saturated carbocycles. The molecule has 0 radical (unpaired) electrons. The molecule has 6 nitrogen and oxygen atoms in total. The predicted molar refractivity (Wildman–Crippen MR) is 133 cm³/mol. The van der Waals surface area contributed by atoms with Crippen LogP contribution in [-0.4, -0.2) is 56.7 Å². The van der Waals surface area contributed by atoms with Crippen LogP contribution in [0.4, 0.5) is 0 Å². The zero-order chi connectivity index (χ0) is 23.1. The molecule has 1 aliphatic heterocycles. The molecule has 0 N–H and O–H groups in total. The Hall–Kier alpha value is -3.51. The maximum Gasteiger partial charge on any atom is 0.274 e. The van der Waals surface area contributed by atoms with Gasteiger partial charge >= 0.3 is 0 Å². The summed E-state index contributed by atoms with van der Waals surface area (Å²) in [6.07, 6.45) is 4.87. The highest BCUT2D eigenvalue weighted by Gasteiger charge is 2.31. The van der Waals surface area contributed by atoms with Crippen molar-refractivity contribution in [2.45, 2.75) is 32.7 Å². The third-order valence-corrected chi connectivity index (χ3v) is 7.18. The van der Waals surface area contributed by atoms with Crippen LogP contribution in [0.15, 0.2) is 60.8 Å². The number of nitrogens with zero attached hydrogens (tertiary/aromatic N) is 5. The van der Waals surface area contributed by atoms with E-state index in [1.165, 1.54) is 22.2 Å². The maximum absolute atomic E-state index is 13.5. The highest BCUT2D eigenvalue weighted by atomic mass is 16.2. The summed E-state index contributed by atoms with van der Waals surface area (Å²) in [6, 6.07) is 18.8. The van der Waals surface area contributed by atoms with Crippen molar-refractivity contribution in [3.05, 3.63) is 88.9 Å². The molecule has 1 amide bonds. The molecule has 2 aromatic heterocycles. The lowest BCUT2D eigenvalue weighted by Crippen LogP contribution is -2.48. The van der Waals surface area contributed by atoms with Crippen LogP contribution < -0.4 is 0 Å². The number of para-hydroxylation sites is 1. The van der Waals surface area contributed by atoms with Gasteiger partial charge in [-0.1, -0.05) is 42.0 Å². The minimum Gasteiger partial charge on any atom is -0.335 e. The number of carbonyl (C=O) groups excluding carboxylic acids is 1. The van der Waals surface area contributed by atoms with Gasteiger partial charge in [-0.2, -0.15) is 5.10 Å². The smallest absolute Gasteiger partial charge is 0.274 e. The molecule has 6 heteroatoms. The topological polar surface area (TPSA) is 54.3 Å². The molecule has 1 aliphatic carbocycles. The SMILES string of the molecule is Cc1ccc(-n2nc(C(=O)N3CCN(Cc4cccc5cccnc45)CC3)c3c2CCC3)cc1. The summed E-state index contributed by atoms with van der Waals surface area (Å²) in [6.45, 7) is 6.11. The second-order valence-corrected chi connectivity index (χ2v) is 9.44. The van der Waals surface area contributed by atoms with Crippen molar-refractivity contribution < 1.29 is 4.79 Å². The fourth-order valence-corrected chi connectivity index (χ4v) is 5.30. The fourth-order valence-electron chi connectivity index (χ4n) is 5.30. The van der Waals surface area contributed by atoms with Crippen molar-refractivity contribution in [2.75, 3.05) is 26.2 Å². The van der Waals surface area contributed by atoms with Gasteiger partial charge in [-0.15, -0.1) is 0 Å². The molecule has 3 heterocycles. The third kappa shape index (κ3) is 3.78. The van der Waals surface area contributed by atoms with Crippen LogP contribution in [-0.2, 0) is 19.4 Å². The number of carbonyl (C=O) groups is 1. The minimum atomic E-state index is 0.0792. The van der Waals surface area contributed by atoms with Gasteiger partial charge in [-0.05, 0) is 49.9 Å². The summed E-state index contributed by atoms with van der Waals surface area (Å²) < 4.78 is 2.00. The lowest BCUT2D eigenvalue weighted by Gasteiger charge is -2.34. The van der Waals surface area contributed by atoms with Crippen molar-refractivity contribution in [3.8, 4) is 5.69 Å². The molecule has 6 rings (SSSR count). The molecule has 4 aromatic rings. The number of hydrogen-bond donors (Lipinski definition) is 0. The number of hydrogen-bond acceptors (Lipinski definition) is 4. The summed E-state index contributed by atoms with van der Waals surface area (Å²) in [5, 5.41) is 6.00.